The van der Waals surface area contributed by atoms with Crippen LogP contribution >= 0.6 is 11.6 Å². The molecule has 2 aromatic rings. The highest BCUT2D eigenvalue weighted by Gasteiger charge is 2.08. The summed E-state index contributed by atoms with van der Waals surface area (Å²) in [6.45, 7) is 3.76. The zero-order valence-electron chi connectivity index (χ0n) is 10.3. The van der Waals surface area contributed by atoms with E-state index in [2.05, 4.69) is 11.9 Å². The maximum Gasteiger partial charge on any atom is 0.130 e. The molecule has 1 aromatic heterocycles. The lowest BCUT2D eigenvalue weighted by atomic mass is 10.2. The molecule has 0 radical (unpaired) electrons. The molecule has 0 amide bonds. The van der Waals surface area contributed by atoms with E-state index in [1.165, 1.54) is 0 Å². The Labute approximate surface area is 111 Å². The summed E-state index contributed by atoms with van der Waals surface area (Å²) in [5.41, 5.74) is 7.54. The Hall–Kier alpha value is -1.52. The molecule has 0 atom stereocenters. The molecule has 18 heavy (non-hydrogen) atoms. The van der Waals surface area contributed by atoms with Gasteiger partial charge in [0.2, 0.25) is 0 Å². The summed E-state index contributed by atoms with van der Waals surface area (Å²) >= 11 is 6.07. The summed E-state index contributed by atoms with van der Waals surface area (Å²) < 4.78 is 7.80. The minimum absolute atomic E-state index is 0.363. The molecule has 4 nitrogen and oxygen atoms in total. The monoisotopic (exact) mass is 265 g/mol. The fourth-order valence-electron chi connectivity index (χ4n) is 1.78. The summed E-state index contributed by atoms with van der Waals surface area (Å²) in [5, 5.41) is 0.638. The van der Waals surface area contributed by atoms with Crippen molar-refractivity contribution in [2.24, 2.45) is 5.73 Å². The summed E-state index contributed by atoms with van der Waals surface area (Å²) in [6.07, 6.45) is 3.59. The molecule has 1 heterocycles. The lowest BCUT2D eigenvalue weighted by molar-refractivity contribution is 0.292. The zero-order chi connectivity index (χ0) is 13.0. The lowest BCUT2D eigenvalue weighted by Crippen LogP contribution is -2.06. The standard InChI is InChI=1S/C13H16ClN3O/c1-2-17-9-16-7-10(17)8-18-13-5-3-4-12(14)11(13)6-15/h3-5,7,9H,2,6,8,15H2,1H3. The number of aromatic nitrogens is 2. The van der Waals surface area contributed by atoms with Crippen molar-refractivity contribution in [2.75, 3.05) is 0 Å². The number of imidazole rings is 1. The van der Waals surface area contributed by atoms with E-state index in [0.717, 1.165) is 23.6 Å². The number of aryl methyl sites for hydroxylation is 1. The minimum Gasteiger partial charge on any atom is -0.487 e. The van der Waals surface area contributed by atoms with Gasteiger partial charge in [0.15, 0.2) is 0 Å². The third-order valence-electron chi connectivity index (χ3n) is 2.79. The SMILES string of the molecule is CCn1cncc1COc1cccc(Cl)c1CN. The number of hydrogen-bond acceptors (Lipinski definition) is 3. The van der Waals surface area contributed by atoms with Gasteiger partial charge >= 0.3 is 0 Å². The summed E-state index contributed by atoms with van der Waals surface area (Å²) in [5.74, 6) is 0.730. The lowest BCUT2D eigenvalue weighted by Gasteiger charge is -2.12. The molecule has 2 rings (SSSR count). The van der Waals surface area contributed by atoms with Gasteiger partial charge in [-0.15, -0.1) is 0 Å². The maximum absolute atomic E-state index is 6.07. The Morgan fingerprint density at radius 1 is 1.44 bits per heavy atom. The second kappa shape index (κ2) is 5.89. The largest absolute Gasteiger partial charge is 0.487 e. The van der Waals surface area contributed by atoms with Gasteiger partial charge in [-0.3, -0.25) is 0 Å². The fourth-order valence-corrected chi connectivity index (χ4v) is 2.02. The molecule has 0 fully saturated rings. The van der Waals surface area contributed by atoms with Crippen molar-refractivity contribution in [2.45, 2.75) is 26.6 Å². The van der Waals surface area contributed by atoms with Crippen molar-refractivity contribution in [1.82, 2.24) is 9.55 Å². The average molecular weight is 266 g/mol. The summed E-state index contributed by atoms with van der Waals surface area (Å²) in [6, 6.07) is 5.54. The molecule has 96 valence electrons. The number of halogens is 1. The number of rotatable bonds is 5. The van der Waals surface area contributed by atoms with Gasteiger partial charge in [-0.2, -0.15) is 0 Å². The minimum atomic E-state index is 0.363. The predicted molar refractivity (Wildman–Crippen MR) is 71.6 cm³/mol. The molecule has 0 bridgehead atoms. The Morgan fingerprint density at radius 2 is 2.28 bits per heavy atom. The van der Waals surface area contributed by atoms with Gasteiger partial charge in [-0.25, -0.2) is 4.98 Å². The van der Waals surface area contributed by atoms with Crippen molar-refractivity contribution in [3.63, 3.8) is 0 Å². The molecule has 0 aliphatic carbocycles. The van der Waals surface area contributed by atoms with Crippen molar-refractivity contribution in [3.05, 3.63) is 47.0 Å². The third-order valence-corrected chi connectivity index (χ3v) is 3.15. The highest BCUT2D eigenvalue weighted by Crippen LogP contribution is 2.26. The number of nitrogens with zero attached hydrogens (tertiary/aromatic N) is 2. The highest BCUT2D eigenvalue weighted by molar-refractivity contribution is 6.31. The van der Waals surface area contributed by atoms with Gasteiger partial charge in [0.1, 0.15) is 12.4 Å². The van der Waals surface area contributed by atoms with Gasteiger partial charge in [-0.1, -0.05) is 17.7 Å². The summed E-state index contributed by atoms with van der Waals surface area (Å²) in [7, 11) is 0. The topological polar surface area (TPSA) is 53.1 Å². The average Bonchev–Trinajstić information content (AvgIpc) is 2.83. The van der Waals surface area contributed by atoms with Gasteiger partial charge in [-0.05, 0) is 19.1 Å². The van der Waals surface area contributed by atoms with Gasteiger partial charge in [0.25, 0.3) is 0 Å². The molecule has 1 aromatic carbocycles. The van der Waals surface area contributed by atoms with Crippen molar-refractivity contribution in [3.8, 4) is 5.75 Å². The predicted octanol–water partition coefficient (Wildman–Crippen LogP) is 2.59. The molecule has 0 spiro atoms. The normalized spacial score (nSPS) is 10.6. The molecule has 0 saturated carbocycles. The van der Waals surface area contributed by atoms with Crippen LogP contribution < -0.4 is 10.5 Å². The Kier molecular flexibility index (Phi) is 4.23. The van der Waals surface area contributed by atoms with E-state index < -0.39 is 0 Å². The van der Waals surface area contributed by atoms with Crippen molar-refractivity contribution < 1.29 is 4.74 Å². The van der Waals surface area contributed by atoms with E-state index >= 15 is 0 Å². The van der Waals surface area contributed by atoms with Crippen LogP contribution in [0.5, 0.6) is 5.75 Å². The number of nitrogens with two attached hydrogens (primary N) is 1. The second-order valence-electron chi connectivity index (χ2n) is 3.88. The van der Waals surface area contributed by atoms with E-state index in [1.807, 2.05) is 22.8 Å². The van der Waals surface area contributed by atoms with E-state index in [4.69, 9.17) is 22.1 Å². The van der Waals surface area contributed by atoms with E-state index in [-0.39, 0.29) is 0 Å². The molecular formula is C13H16ClN3O. The van der Waals surface area contributed by atoms with Gasteiger partial charge in [0.05, 0.1) is 18.2 Å². The van der Waals surface area contributed by atoms with Crippen LogP contribution in [-0.4, -0.2) is 9.55 Å². The van der Waals surface area contributed by atoms with Crippen LogP contribution in [0.25, 0.3) is 0 Å². The van der Waals surface area contributed by atoms with Gasteiger partial charge in [0, 0.05) is 23.7 Å². The molecule has 0 aliphatic rings. The van der Waals surface area contributed by atoms with Crippen LogP contribution in [0.4, 0.5) is 0 Å². The fraction of sp³-hybridized carbons (Fsp3) is 0.308. The van der Waals surface area contributed by atoms with Crippen LogP contribution in [0.1, 0.15) is 18.2 Å². The molecule has 2 N–H and O–H groups in total. The van der Waals surface area contributed by atoms with E-state index in [0.29, 0.717) is 18.2 Å². The highest BCUT2D eigenvalue weighted by atomic mass is 35.5. The van der Waals surface area contributed by atoms with Crippen LogP contribution in [0.15, 0.2) is 30.7 Å². The second-order valence-corrected chi connectivity index (χ2v) is 4.29. The Morgan fingerprint density at radius 3 is 3.00 bits per heavy atom. The molecule has 5 heteroatoms. The number of ether oxygens (including phenoxy) is 1. The quantitative estimate of drug-likeness (QED) is 0.904. The van der Waals surface area contributed by atoms with E-state index in [1.54, 1.807) is 12.5 Å². The maximum atomic E-state index is 6.07. The smallest absolute Gasteiger partial charge is 0.130 e. The first-order valence-corrected chi connectivity index (χ1v) is 6.23. The van der Waals surface area contributed by atoms with Crippen molar-refractivity contribution >= 4 is 11.6 Å². The van der Waals surface area contributed by atoms with Crippen LogP contribution in [0.3, 0.4) is 0 Å². The van der Waals surface area contributed by atoms with E-state index in [9.17, 15) is 0 Å². The van der Waals surface area contributed by atoms with Crippen LogP contribution in [0.2, 0.25) is 5.02 Å². The first-order chi connectivity index (χ1) is 8.76. The Balaban J connectivity index is 2.13. The third kappa shape index (κ3) is 2.66. The molecule has 0 saturated heterocycles. The first kappa shape index (κ1) is 12.9. The first-order valence-electron chi connectivity index (χ1n) is 5.85. The Bertz CT molecular complexity index is 525. The van der Waals surface area contributed by atoms with Crippen LogP contribution in [0, 0.1) is 0 Å². The molecule has 0 unspecified atom stereocenters. The summed E-state index contributed by atoms with van der Waals surface area (Å²) in [4.78, 5) is 4.10. The van der Waals surface area contributed by atoms with Gasteiger partial charge < -0.3 is 15.0 Å². The van der Waals surface area contributed by atoms with Crippen LogP contribution in [-0.2, 0) is 19.7 Å². The molecule has 0 aliphatic heterocycles. The zero-order valence-corrected chi connectivity index (χ0v) is 11.0. The number of hydrogen-bond donors (Lipinski definition) is 1. The number of benzene rings is 1. The molecular weight excluding hydrogens is 250 g/mol. The van der Waals surface area contributed by atoms with Crippen molar-refractivity contribution in [1.29, 1.82) is 0 Å².